The third kappa shape index (κ3) is 1.76. The fraction of sp³-hybridized carbons (Fsp3) is 0.714. The Hall–Kier alpha value is -1.30. The van der Waals surface area contributed by atoms with Gasteiger partial charge in [-0.1, -0.05) is 25.2 Å². The molecular weight excluding hydrogens is 214 g/mol. The number of imide groups is 1. The first-order valence-electron chi connectivity index (χ1n) is 6.28. The third-order valence-corrected chi connectivity index (χ3v) is 4.12. The second-order valence-electron chi connectivity index (χ2n) is 5.76. The minimum atomic E-state index is -0.797. The van der Waals surface area contributed by atoms with E-state index in [1.54, 1.807) is 13.8 Å². The van der Waals surface area contributed by atoms with Gasteiger partial charge in [0.25, 0.3) is 0 Å². The molecule has 92 valence electrons. The molecule has 0 unspecified atom stereocenters. The smallest absolute Gasteiger partial charge is 0.237 e. The highest BCUT2D eigenvalue weighted by molar-refractivity contribution is 6.07. The van der Waals surface area contributed by atoms with Crippen molar-refractivity contribution in [2.24, 2.45) is 5.41 Å². The average molecular weight is 233 g/mol. The molecule has 0 N–H and O–H groups in total. The van der Waals surface area contributed by atoms with Gasteiger partial charge in [0.1, 0.15) is 5.54 Å². The highest BCUT2D eigenvalue weighted by Gasteiger charge is 2.54. The van der Waals surface area contributed by atoms with E-state index in [1.165, 1.54) is 11.3 Å². The molecule has 3 heteroatoms. The summed E-state index contributed by atoms with van der Waals surface area (Å²) in [6.07, 6.45) is 10.7. The summed E-state index contributed by atoms with van der Waals surface area (Å²) in [5, 5.41) is 0. The number of carbonyl (C=O) groups is 2. The lowest BCUT2D eigenvalue weighted by molar-refractivity contribution is -0.146. The first-order valence-corrected chi connectivity index (χ1v) is 6.28. The molecule has 17 heavy (non-hydrogen) atoms. The van der Waals surface area contributed by atoms with E-state index in [2.05, 4.69) is 5.92 Å². The monoisotopic (exact) mass is 233 g/mol. The zero-order chi connectivity index (χ0) is 12.7. The van der Waals surface area contributed by atoms with Gasteiger partial charge in [0.2, 0.25) is 11.8 Å². The highest BCUT2D eigenvalue weighted by atomic mass is 16.2. The SMILES string of the molecule is C#CC(C)(C)N1C(=O)CC2(CCCCC2)C1=O. The molecule has 0 bridgehead atoms. The van der Waals surface area contributed by atoms with Crippen LogP contribution in [0.3, 0.4) is 0 Å². The molecule has 2 rings (SSSR count). The molecule has 1 saturated carbocycles. The molecule has 1 saturated heterocycles. The first-order chi connectivity index (χ1) is 7.93. The first kappa shape index (κ1) is 12.2. The van der Waals surface area contributed by atoms with Crippen LogP contribution in [-0.2, 0) is 9.59 Å². The van der Waals surface area contributed by atoms with Crippen LogP contribution in [0.25, 0.3) is 0 Å². The molecule has 1 spiro atoms. The molecule has 2 amide bonds. The quantitative estimate of drug-likeness (QED) is 0.514. The molecule has 0 atom stereocenters. The minimum absolute atomic E-state index is 0.0369. The predicted molar refractivity (Wildman–Crippen MR) is 64.9 cm³/mol. The van der Waals surface area contributed by atoms with E-state index in [9.17, 15) is 9.59 Å². The molecule has 2 fully saturated rings. The van der Waals surface area contributed by atoms with Crippen LogP contribution in [0.5, 0.6) is 0 Å². The van der Waals surface area contributed by atoms with Gasteiger partial charge >= 0.3 is 0 Å². The van der Waals surface area contributed by atoms with Crippen molar-refractivity contribution in [1.29, 1.82) is 0 Å². The van der Waals surface area contributed by atoms with E-state index in [0.29, 0.717) is 6.42 Å². The summed E-state index contributed by atoms with van der Waals surface area (Å²) < 4.78 is 0. The second kappa shape index (κ2) is 3.87. The molecule has 0 aromatic heterocycles. The van der Waals surface area contributed by atoms with E-state index >= 15 is 0 Å². The van der Waals surface area contributed by atoms with Crippen LogP contribution in [0.4, 0.5) is 0 Å². The Morgan fingerprint density at radius 1 is 1.24 bits per heavy atom. The summed E-state index contributed by atoms with van der Waals surface area (Å²) in [4.78, 5) is 25.9. The van der Waals surface area contributed by atoms with Crippen molar-refractivity contribution in [3.63, 3.8) is 0 Å². The summed E-state index contributed by atoms with van der Waals surface area (Å²) in [6.45, 7) is 3.51. The topological polar surface area (TPSA) is 37.4 Å². The van der Waals surface area contributed by atoms with Gasteiger partial charge in [-0.15, -0.1) is 6.42 Å². The fourth-order valence-electron chi connectivity index (χ4n) is 3.04. The van der Waals surface area contributed by atoms with Gasteiger partial charge in [0.15, 0.2) is 0 Å². The van der Waals surface area contributed by atoms with Crippen LogP contribution in [0.1, 0.15) is 52.4 Å². The Balaban J connectivity index is 2.31. The Labute approximate surface area is 103 Å². The summed E-state index contributed by atoms with van der Waals surface area (Å²) >= 11 is 0. The number of hydrogen-bond donors (Lipinski definition) is 0. The van der Waals surface area contributed by atoms with Crippen molar-refractivity contribution in [3.8, 4) is 12.3 Å². The molecule has 0 radical (unpaired) electrons. The van der Waals surface area contributed by atoms with E-state index in [4.69, 9.17) is 6.42 Å². The van der Waals surface area contributed by atoms with Crippen LogP contribution in [-0.4, -0.2) is 22.3 Å². The number of rotatable bonds is 1. The van der Waals surface area contributed by atoms with Crippen molar-refractivity contribution in [3.05, 3.63) is 0 Å². The number of terminal acetylenes is 1. The van der Waals surface area contributed by atoms with Gasteiger partial charge in [-0.05, 0) is 26.7 Å². The van der Waals surface area contributed by atoms with Gasteiger partial charge in [-0.2, -0.15) is 0 Å². The van der Waals surface area contributed by atoms with E-state index in [1.807, 2.05) is 0 Å². The van der Waals surface area contributed by atoms with Crippen LogP contribution >= 0.6 is 0 Å². The summed E-state index contributed by atoms with van der Waals surface area (Å²) in [5.74, 6) is 2.42. The maximum Gasteiger partial charge on any atom is 0.237 e. The molecule has 3 nitrogen and oxygen atoms in total. The lowest BCUT2D eigenvalue weighted by atomic mass is 9.73. The number of likely N-dealkylation sites (tertiary alicyclic amines) is 1. The van der Waals surface area contributed by atoms with Gasteiger partial charge in [0.05, 0.1) is 5.41 Å². The van der Waals surface area contributed by atoms with E-state index in [-0.39, 0.29) is 11.8 Å². The fourth-order valence-corrected chi connectivity index (χ4v) is 3.04. The van der Waals surface area contributed by atoms with Crippen molar-refractivity contribution in [2.45, 2.75) is 57.9 Å². The Bertz CT molecular complexity index is 397. The van der Waals surface area contributed by atoms with Crippen molar-refractivity contribution < 1.29 is 9.59 Å². The van der Waals surface area contributed by atoms with Crippen molar-refractivity contribution in [1.82, 2.24) is 4.90 Å². The average Bonchev–Trinajstić information content (AvgIpc) is 2.52. The van der Waals surface area contributed by atoms with Crippen LogP contribution in [0, 0.1) is 17.8 Å². The minimum Gasteiger partial charge on any atom is -0.274 e. The Morgan fingerprint density at radius 3 is 2.35 bits per heavy atom. The lowest BCUT2D eigenvalue weighted by Gasteiger charge is -2.34. The molecule has 0 aromatic carbocycles. The standard InChI is InChI=1S/C14H19NO2/c1-4-13(2,3)15-11(16)10-14(12(15)17)8-6-5-7-9-14/h1H,5-10H2,2-3H3. The summed E-state index contributed by atoms with van der Waals surface area (Å²) in [7, 11) is 0. The van der Waals surface area contributed by atoms with Crippen molar-refractivity contribution >= 4 is 11.8 Å². The Kier molecular flexibility index (Phi) is 2.77. The van der Waals surface area contributed by atoms with Crippen LogP contribution < -0.4 is 0 Å². The molecule has 1 aliphatic carbocycles. The van der Waals surface area contributed by atoms with E-state index < -0.39 is 11.0 Å². The Morgan fingerprint density at radius 2 is 1.82 bits per heavy atom. The highest BCUT2D eigenvalue weighted by Crippen LogP contribution is 2.46. The van der Waals surface area contributed by atoms with Crippen molar-refractivity contribution in [2.75, 3.05) is 0 Å². The zero-order valence-electron chi connectivity index (χ0n) is 10.6. The van der Waals surface area contributed by atoms with Crippen LogP contribution in [0.15, 0.2) is 0 Å². The summed E-state index contributed by atoms with van der Waals surface area (Å²) in [5.41, 5.74) is -1.22. The molecular formula is C14H19NO2. The molecule has 2 aliphatic rings. The number of amides is 2. The van der Waals surface area contributed by atoms with E-state index in [0.717, 1.165) is 25.7 Å². The predicted octanol–water partition coefficient (Wildman–Crippen LogP) is 2.11. The second-order valence-corrected chi connectivity index (χ2v) is 5.76. The van der Waals surface area contributed by atoms with Gasteiger partial charge in [-0.25, -0.2) is 0 Å². The lowest BCUT2D eigenvalue weighted by Crippen LogP contribution is -2.48. The largest absolute Gasteiger partial charge is 0.274 e. The maximum atomic E-state index is 12.5. The molecule has 0 aromatic rings. The van der Waals surface area contributed by atoms with Crippen LogP contribution in [0.2, 0.25) is 0 Å². The normalized spacial score (nSPS) is 24.2. The number of nitrogens with zero attached hydrogens (tertiary/aromatic N) is 1. The number of carbonyl (C=O) groups excluding carboxylic acids is 2. The molecule has 1 aliphatic heterocycles. The van der Waals surface area contributed by atoms with Gasteiger partial charge in [-0.3, -0.25) is 14.5 Å². The number of hydrogen-bond acceptors (Lipinski definition) is 2. The third-order valence-electron chi connectivity index (χ3n) is 4.12. The van der Waals surface area contributed by atoms with Gasteiger partial charge < -0.3 is 0 Å². The molecule has 1 heterocycles. The van der Waals surface area contributed by atoms with Gasteiger partial charge in [0, 0.05) is 6.42 Å². The zero-order valence-corrected chi connectivity index (χ0v) is 10.6. The summed E-state index contributed by atoms with van der Waals surface area (Å²) in [6, 6.07) is 0. The maximum absolute atomic E-state index is 12.5.